The van der Waals surface area contributed by atoms with Crippen LogP contribution in [-0.4, -0.2) is 54.1 Å². The second-order valence-corrected chi connectivity index (χ2v) is 9.02. The fourth-order valence-corrected chi connectivity index (χ4v) is 5.23. The first-order valence-corrected chi connectivity index (χ1v) is 11.7. The van der Waals surface area contributed by atoms with Crippen molar-refractivity contribution in [2.45, 2.75) is 6.54 Å². The van der Waals surface area contributed by atoms with E-state index >= 15 is 0 Å². The van der Waals surface area contributed by atoms with Crippen LogP contribution in [-0.2, 0) is 11.3 Å². The lowest BCUT2D eigenvalue weighted by molar-refractivity contribution is 0.0786. The van der Waals surface area contributed by atoms with Crippen molar-refractivity contribution in [3.05, 3.63) is 81.7 Å². The number of H-pyrrole nitrogens is 1. The smallest absolute Gasteiger partial charge is 0.264 e. The van der Waals surface area contributed by atoms with E-state index in [2.05, 4.69) is 27.0 Å². The lowest BCUT2D eigenvalue weighted by Gasteiger charge is -2.28. The number of hydrogen-bond donors (Lipinski definition) is 1. The molecule has 5 rings (SSSR count). The Labute approximate surface area is 195 Å². The molecule has 2 aromatic heterocycles. The van der Waals surface area contributed by atoms with Gasteiger partial charge in [0.25, 0.3) is 11.5 Å². The number of hydrogen-bond acceptors (Lipinski definition) is 6. The number of para-hydroxylation sites is 1. The van der Waals surface area contributed by atoms with E-state index in [9.17, 15) is 9.59 Å². The molecule has 0 atom stereocenters. The van der Waals surface area contributed by atoms with Crippen LogP contribution in [0.1, 0.15) is 15.5 Å². The predicted octanol–water partition coefficient (Wildman–Crippen LogP) is 3.76. The molecule has 0 unspecified atom stereocenters. The van der Waals surface area contributed by atoms with Crippen molar-refractivity contribution in [3.8, 4) is 11.1 Å². The van der Waals surface area contributed by atoms with Crippen LogP contribution in [0.3, 0.4) is 0 Å². The molecule has 33 heavy (non-hydrogen) atoms. The highest BCUT2D eigenvalue weighted by atomic mass is 32.1. The molecule has 7 nitrogen and oxygen atoms in total. The zero-order chi connectivity index (χ0) is 22.8. The number of rotatable bonds is 5. The Hall–Kier alpha value is -3.49. The van der Waals surface area contributed by atoms with Crippen molar-refractivity contribution in [3.63, 3.8) is 0 Å². The molecule has 1 aliphatic rings. The summed E-state index contributed by atoms with van der Waals surface area (Å²) < 4.78 is 5.52. The van der Waals surface area contributed by atoms with Gasteiger partial charge in [0.2, 0.25) is 0 Å². The van der Waals surface area contributed by atoms with Gasteiger partial charge in [-0.1, -0.05) is 42.5 Å². The fourth-order valence-electron chi connectivity index (χ4n) is 4.01. The highest BCUT2D eigenvalue weighted by Gasteiger charge is 2.24. The number of nitrogens with one attached hydrogen (secondary N) is 1. The van der Waals surface area contributed by atoms with Crippen LogP contribution in [0.2, 0.25) is 0 Å². The van der Waals surface area contributed by atoms with E-state index in [1.54, 1.807) is 24.1 Å². The first-order valence-electron chi connectivity index (χ1n) is 10.9. The van der Waals surface area contributed by atoms with Crippen LogP contribution < -0.4 is 10.5 Å². The average molecular weight is 461 g/mol. The van der Waals surface area contributed by atoms with Gasteiger partial charge in [-0.2, -0.15) is 0 Å². The first kappa shape index (κ1) is 21.4. The van der Waals surface area contributed by atoms with Gasteiger partial charge in [-0.05, 0) is 23.8 Å². The van der Waals surface area contributed by atoms with E-state index in [-0.39, 0.29) is 18.0 Å². The van der Waals surface area contributed by atoms with Crippen LogP contribution in [0.25, 0.3) is 22.0 Å². The number of aromatic amines is 1. The summed E-state index contributed by atoms with van der Waals surface area (Å²) in [5, 5.41) is 1.62. The molecule has 0 aliphatic carbocycles. The first-order chi connectivity index (χ1) is 16.1. The van der Waals surface area contributed by atoms with Crippen LogP contribution >= 0.6 is 11.3 Å². The molecular formula is C25H24N4O3S. The number of carbonyl (C=O) groups excluding carboxylic acids is 1. The van der Waals surface area contributed by atoms with E-state index in [0.29, 0.717) is 34.8 Å². The Morgan fingerprint density at radius 3 is 2.64 bits per heavy atom. The molecule has 4 aromatic rings. The van der Waals surface area contributed by atoms with Crippen molar-refractivity contribution in [2.75, 3.05) is 38.3 Å². The minimum absolute atomic E-state index is 0.104. The van der Waals surface area contributed by atoms with Crippen LogP contribution in [0.15, 0.2) is 65.5 Å². The SMILES string of the molecule is CN(Cc1nc2ccccc2c(=O)[nH]1)C(=O)c1cc(-c2ccccc2)c(N2CCOCC2)s1. The largest absolute Gasteiger partial charge is 0.378 e. The minimum atomic E-state index is -0.200. The van der Waals surface area contributed by atoms with E-state index in [1.165, 1.54) is 11.3 Å². The molecule has 8 heteroatoms. The van der Waals surface area contributed by atoms with Crippen molar-refractivity contribution in [1.29, 1.82) is 0 Å². The lowest BCUT2D eigenvalue weighted by Crippen LogP contribution is -2.35. The number of anilines is 1. The number of benzene rings is 2. The maximum absolute atomic E-state index is 13.4. The Balaban J connectivity index is 1.44. The zero-order valence-corrected chi connectivity index (χ0v) is 19.1. The number of nitrogens with zero attached hydrogens (tertiary/aromatic N) is 3. The van der Waals surface area contributed by atoms with Gasteiger partial charge in [-0.25, -0.2) is 4.98 Å². The van der Waals surface area contributed by atoms with E-state index in [0.717, 1.165) is 29.2 Å². The van der Waals surface area contributed by atoms with Crippen LogP contribution in [0.5, 0.6) is 0 Å². The zero-order valence-electron chi connectivity index (χ0n) is 18.3. The molecule has 0 spiro atoms. The van der Waals surface area contributed by atoms with Gasteiger partial charge in [0, 0.05) is 25.7 Å². The summed E-state index contributed by atoms with van der Waals surface area (Å²) in [7, 11) is 1.73. The summed E-state index contributed by atoms with van der Waals surface area (Å²) in [6.45, 7) is 3.16. The van der Waals surface area contributed by atoms with Crippen molar-refractivity contribution < 1.29 is 9.53 Å². The summed E-state index contributed by atoms with van der Waals surface area (Å²) in [6.07, 6.45) is 0. The molecule has 2 aromatic carbocycles. The molecular weight excluding hydrogens is 436 g/mol. The number of amides is 1. The molecule has 1 aliphatic heterocycles. The van der Waals surface area contributed by atoms with E-state index in [1.807, 2.05) is 36.4 Å². The summed E-state index contributed by atoms with van der Waals surface area (Å²) in [5.41, 5.74) is 2.55. The topological polar surface area (TPSA) is 78.5 Å². The minimum Gasteiger partial charge on any atom is -0.378 e. The van der Waals surface area contributed by atoms with E-state index < -0.39 is 0 Å². The normalized spacial score (nSPS) is 13.9. The number of carbonyl (C=O) groups is 1. The number of thiophene rings is 1. The van der Waals surface area contributed by atoms with Crippen LogP contribution in [0.4, 0.5) is 5.00 Å². The third-order valence-electron chi connectivity index (χ3n) is 5.70. The summed E-state index contributed by atoms with van der Waals surface area (Å²) in [5.74, 6) is 0.357. The van der Waals surface area contributed by atoms with E-state index in [4.69, 9.17) is 4.74 Å². The quantitative estimate of drug-likeness (QED) is 0.491. The highest BCUT2D eigenvalue weighted by molar-refractivity contribution is 7.18. The Morgan fingerprint density at radius 2 is 1.85 bits per heavy atom. The Bertz CT molecular complexity index is 1340. The number of morpholine rings is 1. The molecule has 1 N–H and O–H groups in total. The molecule has 1 fully saturated rings. The summed E-state index contributed by atoms with van der Waals surface area (Å²) >= 11 is 1.50. The fraction of sp³-hybridized carbons (Fsp3) is 0.240. The maximum Gasteiger partial charge on any atom is 0.264 e. The van der Waals surface area contributed by atoms with Gasteiger partial charge < -0.3 is 19.5 Å². The van der Waals surface area contributed by atoms with Gasteiger partial charge >= 0.3 is 0 Å². The van der Waals surface area contributed by atoms with Gasteiger partial charge in [0.15, 0.2) is 0 Å². The molecule has 0 saturated carbocycles. The maximum atomic E-state index is 13.4. The number of ether oxygens (including phenoxy) is 1. The second-order valence-electron chi connectivity index (χ2n) is 7.99. The predicted molar refractivity (Wildman–Crippen MR) is 131 cm³/mol. The molecule has 0 radical (unpaired) electrons. The monoisotopic (exact) mass is 460 g/mol. The number of fused-ring (bicyclic) bond motifs is 1. The number of aromatic nitrogens is 2. The van der Waals surface area contributed by atoms with Gasteiger partial charge in [0.1, 0.15) is 5.82 Å². The highest BCUT2D eigenvalue weighted by Crippen LogP contribution is 2.39. The summed E-state index contributed by atoms with van der Waals surface area (Å²) in [6, 6.07) is 19.3. The standard InChI is InChI=1S/C25H24N4O3S/c1-28(16-22-26-20-10-6-5-9-18(20)23(30)27-22)24(31)21-15-19(17-7-3-2-4-8-17)25(33-21)29-11-13-32-14-12-29/h2-10,15H,11-14,16H2,1H3,(H,26,27,30). The second kappa shape index (κ2) is 9.17. The van der Waals surface area contributed by atoms with Crippen molar-refractivity contribution in [1.82, 2.24) is 14.9 Å². The molecule has 1 saturated heterocycles. The third-order valence-corrected chi connectivity index (χ3v) is 6.89. The van der Waals surface area contributed by atoms with Crippen molar-refractivity contribution in [2.24, 2.45) is 0 Å². The Kier molecular flexibility index (Phi) is 5.93. The molecule has 168 valence electrons. The van der Waals surface area contributed by atoms with Gasteiger partial charge in [-0.15, -0.1) is 11.3 Å². The van der Waals surface area contributed by atoms with Gasteiger partial charge in [-0.3, -0.25) is 9.59 Å². The van der Waals surface area contributed by atoms with Gasteiger partial charge in [0.05, 0.1) is 40.5 Å². The Morgan fingerprint density at radius 1 is 1.12 bits per heavy atom. The summed E-state index contributed by atoms with van der Waals surface area (Å²) in [4.78, 5) is 37.6. The lowest BCUT2D eigenvalue weighted by atomic mass is 10.1. The molecule has 1 amide bonds. The van der Waals surface area contributed by atoms with Crippen molar-refractivity contribution >= 4 is 33.1 Å². The molecule has 3 heterocycles. The van der Waals surface area contributed by atoms with Crippen LogP contribution in [0, 0.1) is 0 Å². The third kappa shape index (κ3) is 4.40. The average Bonchev–Trinajstić information content (AvgIpc) is 3.30. The molecule has 0 bridgehead atoms.